The highest BCUT2D eigenvalue weighted by Crippen LogP contribution is 1.83. The number of esters is 1. The van der Waals surface area contributed by atoms with Gasteiger partial charge in [-0.25, -0.2) is 0 Å². The zero-order chi connectivity index (χ0) is 6.57. The molecule has 0 saturated carbocycles. The van der Waals surface area contributed by atoms with Gasteiger partial charge in [-0.05, 0) is 6.92 Å². The molecule has 0 aliphatic carbocycles. The van der Waals surface area contributed by atoms with Crippen molar-refractivity contribution in [3.05, 3.63) is 0 Å². The summed E-state index contributed by atoms with van der Waals surface area (Å²) >= 11 is 0. The van der Waals surface area contributed by atoms with Gasteiger partial charge in [0.25, 0.3) is 0 Å². The molecule has 0 radical (unpaired) electrons. The molecule has 0 spiro atoms. The lowest BCUT2D eigenvalue weighted by Crippen LogP contribution is -2.05. The molecule has 0 unspecified atom stereocenters. The lowest BCUT2D eigenvalue weighted by atomic mass is 10.3. The van der Waals surface area contributed by atoms with Gasteiger partial charge in [-0.1, -0.05) is 14.9 Å². The Balaban J connectivity index is -0.000000245. The first-order chi connectivity index (χ1) is 3.66. The third-order valence-corrected chi connectivity index (χ3v) is 0.621. The Morgan fingerprint density at radius 3 is 1.80 bits per heavy atom. The summed E-state index contributed by atoms with van der Waals surface area (Å²) in [5.41, 5.74) is 0. The highest BCUT2D eigenvalue weighted by molar-refractivity contribution is 5.93. The molecule has 0 bridgehead atoms. The van der Waals surface area contributed by atoms with Crippen molar-refractivity contribution < 1.29 is 14.3 Å². The molecule has 62 valence electrons. The monoisotopic (exact) mass is 148 g/mol. The maximum absolute atomic E-state index is 10.2. The average molecular weight is 148 g/mol. The molecule has 0 amide bonds. The van der Waals surface area contributed by atoms with Crippen LogP contribution < -0.4 is 0 Å². The largest absolute Gasteiger partial charge is 0.469 e. The molecule has 10 heavy (non-hydrogen) atoms. The first-order valence-corrected chi connectivity index (χ1v) is 2.23. The summed E-state index contributed by atoms with van der Waals surface area (Å²) in [6, 6.07) is 0. The van der Waals surface area contributed by atoms with E-state index in [1.807, 2.05) is 0 Å². The van der Waals surface area contributed by atoms with Crippen LogP contribution in [0.5, 0.6) is 0 Å². The predicted molar refractivity (Wildman–Crippen MR) is 40.8 cm³/mol. The summed E-state index contributed by atoms with van der Waals surface area (Å²) in [7, 11) is 1.26. The zero-order valence-electron chi connectivity index (χ0n) is 4.93. The molecular weight excluding hydrogens is 132 g/mol. The smallest absolute Gasteiger partial charge is 0.313 e. The van der Waals surface area contributed by atoms with Gasteiger partial charge in [-0.15, -0.1) is 0 Å². The zero-order valence-corrected chi connectivity index (χ0v) is 4.93. The minimum Gasteiger partial charge on any atom is -0.469 e. The lowest BCUT2D eigenvalue weighted by molar-refractivity contribution is -0.142. The van der Waals surface area contributed by atoms with Crippen molar-refractivity contribution in [3.63, 3.8) is 0 Å². The van der Waals surface area contributed by atoms with E-state index < -0.39 is 5.97 Å². The van der Waals surface area contributed by atoms with Gasteiger partial charge < -0.3 is 4.74 Å². The maximum Gasteiger partial charge on any atom is 0.313 e. The number of hydrogen-bond donors (Lipinski definition) is 0. The SMILES string of the molecule is C.C.COC(=O)CC(C)=O. The molecule has 0 atom stereocenters. The van der Waals surface area contributed by atoms with Crippen LogP contribution in [0.1, 0.15) is 28.2 Å². The van der Waals surface area contributed by atoms with Gasteiger partial charge in [0.1, 0.15) is 12.2 Å². The molecule has 0 aromatic heterocycles. The highest BCUT2D eigenvalue weighted by Gasteiger charge is 2.01. The average Bonchev–Trinajstić information content (AvgIpc) is 1.65. The van der Waals surface area contributed by atoms with Gasteiger partial charge in [-0.3, -0.25) is 9.59 Å². The van der Waals surface area contributed by atoms with Crippen LogP contribution in [-0.2, 0) is 14.3 Å². The van der Waals surface area contributed by atoms with Crippen molar-refractivity contribution in [2.45, 2.75) is 28.2 Å². The maximum atomic E-state index is 10.2. The summed E-state index contributed by atoms with van der Waals surface area (Å²) in [6.07, 6.45) is -0.115. The highest BCUT2D eigenvalue weighted by atomic mass is 16.5. The van der Waals surface area contributed by atoms with Crippen molar-refractivity contribution in [3.8, 4) is 0 Å². The van der Waals surface area contributed by atoms with Crippen molar-refractivity contribution in [2.75, 3.05) is 7.11 Å². The van der Waals surface area contributed by atoms with E-state index in [1.165, 1.54) is 14.0 Å². The number of methoxy groups -OCH3 is 1. The molecule has 3 nitrogen and oxygen atoms in total. The van der Waals surface area contributed by atoms with Gasteiger partial charge in [0.2, 0.25) is 0 Å². The molecule has 0 aromatic rings. The van der Waals surface area contributed by atoms with Crippen LogP contribution in [0.3, 0.4) is 0 Å². The van der Waals surface area contributed by atoms with Crippen molar-refractivity contribution in [2.24, 2.45) is 0 Å². The minimum atomic E-state index is -0.475. The summed E-state index contributed by atoms with van der Waals surface area (Å²) in [4.78, 5) is 20.3. The van der Waals surface area contributed by atoms with E-state index in [0.29, 0.717) is 0 Å². The van der Waals surface area contributed by atoms with E-state index >= 15 is 0 Å². The second-order valence-corrected chi connectivity index (χ2v) is 1.45. The van der Waals surface area contributed by atoms with Crippen LogP contribution in [0.2, 0.25) is 0 Å². The third-order valence-electron chi connectivity index (χ3n) is 0.621. The fourth-order valence-corrected chi connectivity index (χ4v) is 0.275. The number of hydrogen-bond acceptors (Lipinski definition) is 3. The molecular formula is C7H16O3. The Morgan fingerprint density at radius 2 is 1.70 bits per heavy atom. The van der Waals surface area contributed by atoms with Crippen LogP contribution in [0.15, 0.2) is 0 Å². The molecule has 0 heterocycles. The van der Waals surface area contributed by atoms with Crippen molar-refractivity contribution >= 4 is 11.8 Å². The van der Waals surface area contributed by atoms with Crippen LogP contribution in [0.4, 0.5) is 0 Å². The quantitative estimate of drug-likeness (QED) is 0.439. The molecule has 3 heteroatoms. The van der Waals surface area contributed by atoms with Gasteiger partial charge in [0, 0.05) is 0 Å². The predicted octanol–water partition coefficient (Wildman–Crippen LogP) is 1.41. The van der Waals surface area contributed by atoms with E-state index in [-0.39, 0.29) is 27.1 Å². The summed E-state index contributed by atoms with van der Waals surface area (Å²) in [6.45, 7) is 1.34. The van der Waals surface area contributed by atoms with Gasteiger partial charge in [-0.2, -0.15) is 0 Å². The van der Waals surface area contributed by atoms with E-state index in [1.54, 1.807) is 0 Å². The third kappa shape index (κ3) is 10.2. The molecule has 0 fully saturated rings. The number of rotatable bonds is 2. The van der Waals surface area contributed by atoms with Crippen LogP contribution in [0, 0.1) is 0 Å². The normalized spacial score (nSPS) is 6.60. The Labute approximate surface area is 62.4 Å². The number of carbonyl (C=O) groups is 2. The van der Waals surface area contributed by atoms with Crippen molar-refractivity contribution in [1.82, 2.24) is 0 Å². The van der Waals surface area contributed by atoms with E-state index in [2.05, 4.69) is 4.74 Å². The number of Topliss-reactive ketones (excluding diaryl/α,β-unsaturated/α-hetero) is 1. The second kappa shape index (κ2) is 8.14. The van der Waals surface area contributed by atoms with Gasteiger partial charge in [0.15, 0.2) is 0 Å². The Hall–Kier alpha value is -0.860. The molecule has 0 aromatic carbocycles. The molecule has 0 saturated heterocycles. The van der Waals surface area contributed by atoms with E-state index in [9.17, 15) is 9.59 Å². The topological polar surface area (TPSA) is 43.4 Å². The first kappa shape index (κ1) is 16.1. The summed E-state index contributed by atoms with van der Waals surface area (Å²) in [5, 5.41) is 0. The Kier molecular flexibility index (Phi) is 13.1. The molecule has 0 aliphatic rings. The van der Waals surface area contributed by atoms with Crippen molar-refractivity contribution in [1.29, 1.82) is 0 Å². The van der Waals surface area contributed by atoms with Gasteiger partial charge >= 0.3 is 5.97 Å². The number of ether oxygens (including phenoxy) is 1. The van der Waals surface area contributed by atoms with Crippen LogP contribution in [0.25, 0.3) is 0 Å². The fourth-order valence-electron chi connectivity index (χ4n) is 0.275. The number of ketones is 1. The molecule has 0 aliphatic heterocycles. The minimum absolute atomic E-state index is 0. The van der Waals surface area contributed by atoms with Crippen LogP contribution in [-0.4, -0.2) is 18.9 Å². The lowest BCUT2D eigenvalue weighted by Gasteiger charge is -1.90. The summed E-state index contributed by atoms with van der Waals surface area (Å²) in [5.74, 6) is -0.644. The fraction of sp³-hybridized carbons (Fsp3) is 0.714. The van der Waals surface area contributed by atoms with E-state index in [0.717, 1.165) is 0 Å². The Morgan fingerprint density at radius 1 is 1.30 bits per heavy atom. The Bertz CT molecular complexity index is 107. The second-order valence-electron chi connectivity index (χ2n) is 1.45. The molecule has 0 rings (SSSR count). The van der Waals surface area contributed by atoms with Gasteiger partial charge in [0.05, 0.1) is 7.11 Å². The standard InChI is InChI=1S/C5H8O3.2CH4/c1-4(6)3-5(7)8-2;;/h3H2,1-2H3;2*1H4. The number of carbonyl (C=O) groups excluding carboxylic acids is 2. The molecule has 0 N–H and O–H groups in total. The van der Waals surface area contributed by atoms with Crippen LogP contribution >= 0.6 is 0 Å². The first-order valence-electron chi connectivity index (χ1n) is 2.23. The summed E-state index contributed by atoms with van der Waals surface area (Å²) < 4.78 is 4.20. The van der Waals surface area contributed by atoms with E-state index in [4.69, 9.17) is 0 Å².